The van der Waals surface area contributed by atoms with Gasteiger partial charge in [0.1, 0.15) is 11.6 Å². The van der Waals surface area contributed by atoms with Crippen LogP contribution in [0.15, 0.2) is 54.7 Å². The number of benzene rings is 2. The van der Waals surface area contributed by atoms with Gasteiger partial charge in [-0.05, 0) is 29.8 Å². The lowest BCUT2D eigenvalue weighted by Crippen LogP contribution is -2.34. The van der Waals surface area contributed by atoms with Crippen LogP contribution in [-0.2, 0) is 4.79 Å². The first-order valence-corrected chi connectivity index (χ1v) is 9.59. The van der Waals surface area contributed by atoms with Gasteiger partial charge < -0.3 is 9.80 Å². The molecule has 0 unspecified atom stereocenters. The van der Waals surface area contributed by atoms with Gasteiger partial charge in [0.15, 0.2) is 0 Å². The lowest BCUT2D eigenvalue weighted by molar-refractivity contribution is -0.130. The number of para-hydroxylation sites is 2. The number of hydrogen-bond donors (Lipinski definition) is 0. The Morgan fingerprint density at radius 1 is 1.07 bits per heavy atom. The van der Waals surface area contributed by atoms with Crippen LogP contribution < -0.4 is 4.90 Å². The molecular weight excluding hydrogens is 355 g/mol. The van der Waals surface area contributed by atoms with E-state index in [1.807, 2.05) is 41.4 Å². The molecule has 3 aromatic rings. The molecule has 0 aliphatic carbocycles. The number of amides is 1. The smallest absolute Gasteiger partial charge is 0.219 e. The standard InChI is InChI=1S/C22H21FN4O/c1-14(28)27-12-16-11-26(21-10-24-19-7-2-3-8-20(19)25-21)13-18(16)22(27)15-5-4-6-17(23)9-15/h2-10,16,18,22H,11-13H2,1H3/t16-,18-,22-/m1/s1. The molecule has 5 nitrogen and oxygen atoms in total. The molecule has 3 heterocycles. The van der Waals surface area contributed by atoms with Crippen molar-refractivity contribution in [1.82, 2.24) is 14.9 Å². The van der Waals surface area contributed by atoms with Crippen LogP contribution in [0.4, 0.5) is 10.2 Å². The van der Waals surface area contributed by atoms with E-state index in [2.05, 4.69) is 9.88 Å². The van der Waals surface area contributed by atoms with Crippen molar-refractivity contribution >= 4 is 22.8 Å². The molecule has 5 rings (SSSR count). The average Bonchev–Trinajstić information content (AvgIpc) is 3.25. The Bertz CT molecular complexity index is 1060. The molecule has 2 aliphatic rings. The van der Waals surface area contributed by atoms with Gasteiger partial charge in [0, 0.05) is 38.4 Å². The summed E-state index contributed by atoms with van der Waals surface area (Å²) in [7, 11) is 0. The van der Waals surface area contributed by atoms with Gasteiger partial charge in [-0.2, -0.15) is 0 Å². The molecule has 1 aromatic heterocycles. The molecule has 2 aliphatic heterocycles. The normalized spacial score (nSPS) is 24.0. The van der Waals surface area contributed by atoms with E-state index in [4.69, 9.17) is 4.98 Å². The minimum Gasteiger partial charge on any atom is -0.355 e. The minimum absolute atomic E-state index is 0.0423. The molecule has 2 aromatic carbocycles. The highest BCUT2D eigenvalue weighted by Crippen LogP contribution is 2.45. The van der Waals surface area contributed by atoms with E-state index in [1.54, 1.807) is 19.1 Å². The third-order valence-corrected chi connectivity index (χ3v) is 6.02. The molecule has 3 atom stereocenters. The predicted molar refractivity (Wildman–Crippen MR) is 105 cm³/mol. The van der Waals surface area contributed by atoms with Crippen LogP contribution >= 0.6 is 0 Å². The van der Waals surface area contributed by atoms with Gasteiger partial charge >= 0.3 is 0 Å². The highest BCUT2D eigenvalue weighted by Gasteiger charge is 2.48. The monoisotopic (exact) mass is 376 g/mol. The van der Waals surface area contributed by atoms with E-state index in [0.717, 1.165) is 35.5 Å². The van der Waals surface area contributed by atoms with Gasteiger partial charge in [0.05, 0.1) is 23.3 Å². The Hall–Kier alpha value is -3.02. The molecule has 28 heavy (non-hydrogen) atoms. The topological polar surface area (TPSA) is 49.3 Å². The molecule has 1 amide bonds. The van der Waals surface area contributed by atoms with Crippen molar-refractivity contribution < 1.29 is 9.18 Å². The molecule has 2 fully saturated rings. The summed E-state index contributed by atoms with van der Waals surface area (Å²) in [6.07, 6.45) is 1.82. The zero-order valence-corrected chi connectivity index (χ0v) is 15.6. The highest BCUT2D eigenvalue weighted by atomic mass is 19.1. The first kappa shape index (κ1) is 17.1. The highest BCUT2D eigenvalue weighted by molar-refractivity contribution is 5.76. The first-order valence-electron chi connectivity index (χ1n) is 9.59. The van der Waals surface area contributed by atoms with Crippen molar-refractivity contribution in [2.75, 3.05) is 24.5 Å². The van der Waals surface area contributed by atoms with Gasteiger partial charge in [-0.15, -0.1) is 0 Å². The van der Waals surface area contributed by atoms with E-state index in [9.17, 15) is 9.18 Å². The van der Waals surface area contributed by atoms with Gasteiger partial charge in [0.25, 0.3) is 0 Å². The second kappa shape index (κ2) is 6.55. The molecule has 2 saturated heterocycles. The number of carbonyl (C=O) groups excluding carboxylic acids is 1. The maximum atomic E-state index is 13.9. The van der Waals surface area contributed by atoms with E-state index >= 15 is 0 Å². The fourth-order valence-electron chi connectivity index (χ4n) is 4.77. The lowest BCUT2D eigenvalue weighted by Gasteiger charge is -2.29. The van der Waals surface area contributed by atoms with E-state index in [1.165, 1.54) is 6.07 Å². The summed E-state index contributed by atoms with van der Waals surface area (Å²) in [6.45, 7) is 3.90. The Labute approximate surface area is 162 Å². The predicted octanol–water partition coefficient (Wildman–Crippen LogP) is 3.42. The largest absolute Gasteiger partial charge is 0.355 e. The Balaban J connectivity index is 1.46. The summed E-state index contributed by atoms with van der Waals surface area (Å²) in [5.74, 6) is 1.23. The van der Waals surface area contributed by atoms with Gasteiger partial charge in [0.2, 0.25) is 5.91 Å². The quantitative estimate of drug-likeness (QED) is 0.688. The van der Waals surface area contributed by atoms with E-state index < -0.39 is 0 Å². The Morgan fingerprint density at radius 2 is 1.89 bits per heavy atom. The number of carbonyl (C=O) groups is 1. The molecule has 0 spiro atoms. The third-order valence-electron chi connectivity index (χ3n) is 6.02. The van der Waals surface area contributed by atoms with Crippen molar-refractivity contribution in [3.05, 3.63) is 66.1 Å². The summed E-state index contributed by atoms with van der Waals surface area (Å²) in [5.41, 5.74) is 2.63. The summed E-state index contributed by atoms with van der Waals surface area (Å²) in [6, 6.07) is 14.4. The average molecular weight is 376 g/mol. The number of nitrogens with zero attached hydrogens (tertiary/aromatic N) is 4. The summed E-state index contributed by atoms with van der Waals surface area (Å²) < 4.78 is 13.9. The van der Waals surface area contributed by atoms with Crippen molar-refractivity contribution in [3.63, 3.8) is 0 Å². The zero-order valence-electron chi connectivity index (χ0n) is 15.6. The van der Waals surface area contributed by atoms with Gasteiger partial charge in [-0.3, -0.25) is 9.78 Å². The van der Waals surface area contributed by atoms with E-state index in [-0.39, 0.29) is 23.7 Å². The van der Waals surface area contributed by atoms with Crippen LogP contribution in [0, 0.1) is 17.7 Å². The fourth-order valence-corrected chi connectivity index (χ4v) is 4.77. The van der Waals surface area contributed by atoms with E-state index in [0.29, 0.717) is 12.5 Å². The minimum atomic E-state index is -0.264. The number of fused-ring (bicyclic) bond motifs is 2. The first-order chi connectivity index (χ1) is 13.6. The number of aromatic nitrogens is 2. The lowest BCUT2D eigenvalue weighted by atomic mass is 9.89. The molecule has 0 saturated carbocycles. The second-order valence-corrected chi connectivity index (χ2v) is 7.72. The number of anilines is 1. The summed E-state index contributed by atoms with van der Waals surface area (Å²) >= 11 is 0. The zero-order chi connectivity index (χ0) is 19.3. The van der Waals surface area contributed by atoms with Crippen molar-refractivity contribution in [1.29, 1.82) is 0 Å². The fraction of sp³-hybridized carbons (Fsp3) is 0.318. The van der Waals surface area contributed by atoms with Gasteiger partial charge in [-0.25, -0.2) is 9.37 Å². The summed E-state index contributed by atoms with van der Waals surface area (Å²) in [5, 5.41) is 0. The molecule has 0 radical (unpaired) electrons. The molecule has 0 bridgehead atoms. The van der Waals surface area contributed by atoms with Crippen LogP contribution in [0.2, 0.25) is 0 Å². The Kier molecular flexibility index (Phi) is 4.00. The number of likely N-dealkylation sites (tertiary alicyclic amines) is 1. The molecule has 6 heteroatoms. The van der Waals surface area contributed by atoms with Crippen LogP contribution in [0.25, 0.3) is 11.0 Å². The van der Waals surface area contributed by atoms with Gasteiger partial charge in [-0.1, -0.05) is 24.3 Å². The molecule has 0 N–H and O–H groups in total. The van der Waals surface area contributed by atoms with Crippen LogP contribution in [0.5, 0.6) is 0 Å². The maximum Gasteiger partial charge on any atom is 0.219 e. The van der Waals surface area contributed by atoms with Crippen molar-refractivity contribution in [3.8, 4) is 0 Å². The molecular formula is C22H21FN4O. The number of hydrogen-bond acceptors (Lipinski definition) is 4. The Morgan fingerprint density at radius 3 is 2.68 bits per heavy atom. The SMILES string of the molecule is CC(=O)N1C[C@H]2CN(c3cnc4ccccc4n3)C[C@H]2[C@H]1c1cccc(F)c1. The summed E-state index contributed by atoms with van der Waals surface area (Å²) in [4.78, 5) is 25.7. The third kappa shape index (κ3) is 2.80. The maximum absolute atomic E-state index is 13.9. The van der Waals surface area contributed by atoms with Crippen molar-refractivity contribution in [2.45, 2.75) is 13.0 Å². The number of halogens is 1. The van der Waals surface area contributed by atoms with Crippen molar-refractivity contribution in [2.24, 2.45) is 11.8 Å². The second-order valence-electron chi connectivity index (χ2n) is 7.72. The number of rotatable bonds is 2. The molecule has 142 valence electrons. The van der Waals surface area contributed by atoms with Crippen LogP contribution in [0.1, 0.15) is 18.5 Å². The van der Waals surface area contributed by atoms with Crippen LogP contribution in [-0.4, -0.2) is 40.4 Å². The van der Waals surface area contributed by atoms with Crippen LogP contribution in [0.3, 0.4) is 0 Å².